The monoisotopic (exact) mass is 437 g/mol. The van der Waals surface area contributed by atoms with Crippen LogP contribution in [0.15, 0.2) is 65.2 Å². The molecule has 3 heterocycles. The number of hydrogen-bond donors (Lipinski definition) is 2. The Bertz CT molecular complexity index is 1050. The van der Waals surface area contributed by atoms with Gasteiger partial charge in [-0.25, -0.2) is 4.79 Å². The molecule has 0 spiro atoms. The Morgan fingerprint density at radius 3 is 2.71 bits per heavy atom. The lowest BCUT2D eigenvalue weighted by atomic mass is 10.0. The first-order valence-electron chi connectivity index (χ1n) is 9.99. The Kier molecular flexibility index (Phi) is 6.29. The van der Waals surface area contributed by atoms with E-state index in [1.54, 1.807) is 37.6 Å². The van der Waals surface area contributed by atoms with Crippen LogP contribution in [0, 0.1) is 0 Å². The van der Waals surface area contributed by atoms with E-state index >= 15 is 0 Å². The standard InChI is InChI=1S/C23H23N3O4S/c1-29-14-4-13-26-21(20(25-23(26)31)17-5-2-3-12-24-17)19-11-10-18(30-19)15-6-8-16(9-7-15)22(27)28/h2-3,5-12,20-21H,4,13-14H2,1H3,(H,25,31)(H,27,28)/t20-,21-/m0/s1. The van der Waals surface area contributed by atoms with Gasteiger partial charge in [-0.3, -0.25) is 4.98 Å². The van der Waals surface area contributed by atoms with Crippen LogP contribution in [0.25, 0.3) is 11.3 Å². The number of methoxy groups -OCH3 is 1. The summed E-state index contributed by atoms with van der Waals surface area (Å²) in [6.45, 7) is 1.36. The molecule has 4 rings (SSSR count). The van der Waals surface area contributed by atoms with E-state index in [1.807, 2.05) is 30.3 Å². The minimum Gasteiger partial charge on any atom is -0.478 e. The lowest BCUT2D eigenvalue weighted by Gasteiger charge is -2.25. The van der Waals surface area contributed by atoms with Gasteiger partial charge in [0, 0.05) is 32.0 Å². The van der Waals surface area contributed by atoms with Crippen molar-refractivity contribution in [1.29, 1.82) is 0 Å². The van der Waals surface area contributed by atoms with Gasteiger partial charge in [-0.1, -0.05) is 18.2 Å². The van der Waals surface area contributed by atoms with Crippen molar-refractivity contribution >= 4 is 23.3 Å². The summed E-state index contributed by atoms with van der Waals surface area (Å²) in [6, 6.07) is 16.0. The van der Waals surface area contributed by atoms with Gasteiger partial charge >= 0.3 is 5.97 Å². The number of carboxylic acids is 1. The Labute approximate surface area is 185 Å². The average Bonchev–Trinajstić information content (AvgIpc) is 3.39. The molecule has 1 saturated heterocycles. The number of carboxylic acid groups (broad SMARTS) is 1. The zero-order valence-electron chi connectivity index (χ0n) is 17.0. The molecule has 0 saturated carbocycles. The van der Waals surface area contributed by atoms with Crippen molar-refractivity contribution in [2.45, 2.75) is 18.5 Å². The third-order valence-corrected chi connectivity index (χ3v) is 5.63. The smallest absolute Gasteiger partial charge is 0.335 e. The highest BCUT2D eigenvalue weighted by Gasteiger charge is 2.41. The minimum atomic E-state index is -0.956. The largest absolute Gasteiger partial charge is 0.478 e. The molecule has 31 heavy (non-hydrogen) atoms. The van der Waals surface area contributed by atoms with Crippen molar-refractivity contribution in [3.05, 3.63) is 77.8 Å². The number of benzene rings is 1. The number of carbonyl (C=O) groups is 1. The highest BCUT2D eigenvalue weighted by atomic mass is 32.1. The van der Waals surface area contributed by atoms with Crippen LogP contribution in [0.5, 0.6) is 0 Å². The summed E-state index contributed by atoms with van der Waals surface area (Å²) < 4.78 is 11.5. The predicted octanol–water partition coefficient (Wildman–Crippen LogP) is 4.05. The van der Waals surface area contributed by atoms with Gasteiger partial charge in [0.05, 0.1) is 17.3 Å². The normalized spacial score (nSPS) is 18.2. The molecule has 2 atom stereocenters. The van der Waals surface area contributed by atoms with Gasteiger partial charge in [-0.15, -0.1) is 0 Å². The summed E-state index contributed by atoms with van der Waals surface area (Å²) in [5, 5.41) is 13.2. The topological polar surface area (TPSA) is 87.8 Å². The molecule has 0 aliphatic carbocycles. The summed E-state index contributed by atoms with van der Waals surface area (Å²) in [7, 11) is 1.68. The van der Waals surface area contributed by atoms with E-state index in [9.17, 15) is 4.79 Å². The highest BCUT2D eigenvalue weighted by Crippen LogP contribution is 2.40. The summed E-state index contributed by atoms with van der Waals surface area (Å²) in [4.78, 5) is 17.7. The molecule has 1 aromatic carbocycles. The third kappa shape index (κ3) is 4.45. The molecule has 160 valence electrons. The van der Waals surface area contributed by atoms with Gasteiger partial charge < -0.3 is 24.5 Å². The fraction of sp³-hybridized carbons (Fsp3) is 0.261. The molecule has 0 unspecified atom stereocenters. The number of rotatable bonds is 8. The lowest BCUT2D eigenvalue weighted by Crippen LogP contribution is -2.31. The summed E-state index contributed by atoms with van der Waals surface area (Å²) in [5.41, 5.74) is 1.93. The molecule has 0 amide bonds. The first-order valence-corrected chi connectivity index (χ1v) is 10.4. The molecule has 1 fully saturated rings. The van der Waals surface area contributed by atoms with Gasteiger partial charge in [0.2, 0.25) is 0 Å². The maximum atomic E-state index is 11.1. The van der Waals surface area contributed by atoms with Gasteiger partial charge in [0.15, 0.2) is 5.11 Å². The molecule has 7 nitrogen and oxygen atoms in total. The molecule has 0 radical (unpaired) electrons. The number of pyridine rings is 1. The van der Waals surface area contributed by atoms with E-state index in [0.29, 0.717) is 17.5 Å². The number of aromatic carboxylic acids is 1. The van der Waals surface area contributed by atoms with Crippen molar-refractivity contribution in [3.63, 3.8) is 0 Å². The molecule has 1 aliphatic heterocycles. The van der Waals surface area contributed by atoms with Crippen molar-refractivity contribution in [1.82, 2.24) is 15.2 Å². The average molecular weight is 438 g/mol. The summed E-state index contributed by atoms with van der Waals surface area (Å²) in [6.07, 6.45) is 2.59. The van der Waals surface area contributed by atoms with E-state index in [-0.39, 0.29) is 17.6 Å². The zero-order chi connectivity index (χ0) is 21.8. The van der Waals surface area contributed by atoms with Crippen LogP contribution >= 0.6 is 12.2 Å². The van der Waals surface area contributed by atoms with Crippen molar-refractivity contribution in [2.24, 2.45) is 0 Å². The molecule has 2 N–H and O–H groups in total. The summed E-state index contributed by atoms with van der Waals surface area (Å²) in [5.74, 6) is 0.473. The van der Waals surface area contributed by atoms with Crippen LogP contribution in [0.2, 0.25) is 0 Å². The van der Waals surface area contributed by atoms with Crippen LogP contribution in [0.3, 0.4) is 0 Å². The predicted molar refractivity (Wildman–Crippen MR) is 120 cm³/mol. The lowest BCUT2D eigenvalue weighted by molar-refractivity contribution is 0.0697. The van der Waals surface area contributed by atoms with Crippen LogP contribution in [-0.4, -0.2) is 46.3 Å². The van der Waals surface area contributed by atoms with E-state index in [4.69, 9.17) is 26.5 Å². The quantitative estimate of drug-likeness (QED) is 0.403. The van der Waals surface area contributed by atoms with Crippen LogP contribution in [0.1, 0.15) is 40.3 Å². The fourth-order valence-electron chi connectivity index (χ4n) is 3.78. The molecule has 1 aliphatic rings. The first kappa shape index (κ1) is 21.0. The van der Waals surface area contributed by atoms with E-state index < -0.39 is 5.97 Å². The Balaban J connectivity index is 1.66. The number of nitrogens with one attached hydrogen (secondary N) is 1. The maximum absolute atomic E-state index is 11.1. The first-order chi connectivity index (χ1) is 15.1. The SMILES string of the molecule is COCCCN1C(=S)N[C@@H](c2ccccn2)[C@@H]1c1ccc(-c2ccc(C(=O)O)cc2)o1. The van der Waals surface area contributed by atoms with Crippen molar-refractivity contribution in [3.8, 4) is 11.3 Å². The zero-order valence-corrected chi connectivity index (χ0v) is 17.8. The van der Waals surface area contributed by atoms with E-state index in [0.717, 1.165) is 30.0 Å². The van der Waals surface area contributed by atoms with E-state index in [1.165, 1.54) is 0 Å². The number of hydrogen-bond acceptors (Lipinski definition) is 5. The Morgan fingerprint density at radius 2 is 2.03 bits per heavy atom. The number of thiocarbonyl (C=S) groups is 1. The minimum absolute atomic E-state index is 0.148. The second-order valence-corrected chi connectivity index (χ2v) is 7.64. The van der Waals surface area contributed by atoms with Gasteiger partial charge in [0.1, 0.15) is 17.6 Å². The molecule has 2 aromatic heterocycles. The summed E-state index contributed by atoms with van der Waals surface area (Å²) >= 11 is 5.63. The van der Waals surface area contributed by atoms with Crippen LogP contribution in [-0.2, 0) is 4.74 Å². The van der Waals surface area contributed by atoms with Crippen LogP contribution in [0.4, 0.5) is 0 Å². The third-order valence-electron chi connectivity index (χ3n) is 5.28. The Morgan fingerprint density at radius 1 is 1.23 bits per heavy atom. The second-order valence-electron chi connectivity index (χ2n) is 7.25. The van der Waals surface area contributed by atoms with Crippen LogP contribution < -0.4 is 5.32 Å². The molecule has 0 bridgehead atoms. The van der Waals surface area contributed by atoms with Gasteiger partial charge in [-0.2, -0.15) is 0 Å². The molecular weight excluding hydrogens is 414 g/mol. The molecule has 8 heteroatoms. The Hall–Kier alpha value is -3.23. The number of furan rings is 1. The van der Waals surface area contributed by atoms with Gasteiger partial charge in [0.25, 0.3) is 0 Å². The highest BCUT2D eigenvalue weighted by molar-refractivity contribution is 7.80. The van der Waals surface area contributed by atoms with Crippen molar-refractivity contribution in [2.75, 3.05) is 20.3 Å². The number of ether oxygens (including phenoxy) is 1. The van der Waals surface area contributed by atoms with Crippen molar-refractivity contribution < 1.29 is 19.1 Å². The second kappa shape index (κ2) is 9.28. The van der Waals surface area contributed by atoms with Gasteiger partial charge in [-0.05, 0) is 55.0 Å². The number of aromatic nitrogens is 1. The van der Waals surface area contributed by atoms with E-state index in [2.05, 4.69) is 15.2 Å². The molecule has 3 aromatic rings. The maximum Gasteiger partial charge on any atom is 0.335 e. The molecular formula is C23H23N3O4S. The number of nitrogens with zero attached hydrogens (tertiary/aromatic N) is 2. The fourth-order valence-corrected chi connectivity index (χ4v) is 4.11.